The lowest BCUT2D eigenvalue weighted by Crippen LogP contribution is -2.39. The molecular formula is C19H32ClN3O. The van der Waals surface area contributed by atoms with E-state index in [0.29, 0.717) is 12.5 Å². The van der Waals surface area contributed by atoms with Crippen molar-refractivity contribution in [3.8, 4) is 0 Å². The van der Waals surface area contributed by atoms with Crippen molar-refractivity contribution < 1.29 is 4.79 Å². The Morgan fingerprint density at radius 3 is 2.54 bits per heavy atom. The molecule has 0 bridgehead atoms. The molecule has 1 aromatic carbocycles. The highest BCUT2D eigenvalue weighted by atomic mass is 35.5. The molecule has 1 heterocycles. The van der Waals surface area contributed by atoms with Crippen molar-refractivity contribution in [1.29, 1.82) is 0 Å². The number of benzene rings is 1. The van der Waals surface area contributed by atoms with Crippen LogP contribution in [-0.4, -0.2) is 44.0 Å². The third-order valence-electron chi connectivity index (χ3n) is 4.73. The summed E-state index contributed by atoms with van der Waals surface area (Å²) < 4.78 is 0. The summed E-state index contributed by atoms with van der Waals surface area (Å²) in [5, 5.41) is 6.32. The molecule has 1 fully saturated rings. The number of piperidine rings is 1. The Kier molecular flexibility index (Phi) is 9.34. The van der Waals surface area contributed by atoms with Crippen molar-refractivity contribution in [2.24, 2.45) is 5.92 Å². The van der Waals surface area contributed by atoms with Crippen LogP contribution in [0.4, 0.5) is 5.69 Å². The molecule has 1 aliphatic rings. The largest absolute Gasteiger partial charge is 0.325 e. The molecule has 0 atom stereocenters. The van der Waals surface area contributed by atoms with Gasteiger partial charge in [-0.05, 0) is 69.4 Å². The Morgan fingerprint density at radius 2 is 1.92 bits per heavy atom. The Labute approximate surface area is 152 Å². The van der Waals surface area contributed by atoms with Gasteiger partial charge < -0.3 is 10.6 Å². The van der Waals surface area contributed by atoms with Gasteiger partial charge in [0, 0.05) is 5.69 Å². The van der Waals surface area contributed by atoms with Crippen LogP contribution >= 0.6 is 12.4 Å². The van der Waals surface area contributed by atoms with Crippen molar-refractivity contribution in [2.75, 3.05) is 38.5 Å². The fraction of sp³-hybridized carbons (Fsp3) is 0.632. The second-order valence-electron chi connectivity index (χ2n) is 6.90. The number of halogens is 1. The second-order valence-corrected chi connectivity index (χ2v) is 6.90. The van der Waals surface area contributed by atoms with E-state index in [1.54, 1.807) is 0 Å². The molecular weight excluding hydrogens is 322 g/mol. The van der Waals surface area contributed by atoms with Crippen molar-refractivity contribution in [3.63, 3.8) is 0 Å². The lowest BCUT2D eigenvalue weighted by atomic mass is 9.93. The topological polar surface area (TPSA) is 44.4 Å². The predicted octanol–water partition coefficient (Wildman–Crippen LogP) is 3.49. The predicted molar refractivity (Wildman–Crippen MR) is 104 cm³/mol. The van der Waals surface area contributed by atoms with Crippen molar-refractivity contribution >= 4 is 24.0 Å². The van der Waals surface area contributed by atoms with E-state index < -0.39 is 0 Å². The lowest BCUT2D eigenvalue weighted by Gasteiger charge is -2.31. The highest BCUT2D eigenvalue weighted by molar-refractivity contribution is 5.93. The van der Waals surface area contributed by atoms with Gasteiger partial charge in [0.15, 0.2) is 0 Å². The molecule has 24 heavy (non-hydrogen) atoms. The number of anilines is 1. The molecule has 1 saturated heterocycles. The first kappa shape index (κ1) is 20.9. The monoisotopic (exact) mass is 353 g/mol. The smallest absolute Gasteiger partial charge is 0.238 e. The summed E-state index contributed by atoms with van der Waals surface area (Å²) in [4.78, 5) is 14.6. The fourth-order valence-electron chi connectivity index (χ4n) is 3.29. The van der Waals surface area contributed by atoms with Crippen LogP contribution in [-0.2, 0) is 4.79 Å². The maximum atomic E-state index is 12.3. The zero-order chi connectivity index (χ0) is 16.7. The van der Waals surface area contributed by atoms with Crippen LogP contribution in [0.1, 0.15) is 44.6 Å². The molecule has 4 nitrogen and oxygen atoms in total. The minimum absolute atomic E-state index is 0. The number of rotatable bonds is 7. The Balaban J connectivity index is 0.00000288. The molecule has 1 aliphatic heterocycles. The molecule has 136 valence electrons. The minimum Gasteiger partial charge on any atom is -0.325 e. The van der Waals surface area contributed by atoms with E-state index in [1.165, 1.54) is 24.8 Å². The van der Waals surface area contributed by atoms with Gasteiger partial charge in [-0.3, -0.25) is 9.69 Å². The van der Waals surface area contributed by atoms with E-state index in [2.05, 4.69) is 35.4 Å². The van der Waals surface area contributed by atoms with Gasteiger partial charge in [0.2, 0.25) is 5.91 Å². The maximum Gasteiger partial charge on any atom is 0.238 e. The van der Waals surface area contributed by atoms with E-state index in [0.717, 1.165) is 31.2 Å². The van der Waals surface area contributed by atoms with Gasteiger partial charge in [0.05, 0.1) is 6.54 Å². The second kappa shape index (κ2) is 10.7. The Bertz CT molecular complexity index is 499. The van der Waals surface area contributed by atoms with E-state index in [1.807, 2.05) is 25.2 Å². The minimum atomic E-state index is 0. The van der Waals surface area contributed by atoms with E-state index in [-0.39, 0.29) is 18.3 Å². The maximum absolute atomic E-state index is 12.3. The number of hydrogen-bond acceptors (Lipinski definition) is 3. The summed E-state index contributed by atoms with van der Waals surface area (Å²) in [5.41, 5.74) is 2.16. The molecule has 0 radical (unpaired) electrons. The zero-order valence-electron chi connectivity index (χ0n) is 15.2. The highest BCUT2D eigenvalue weighted by Gasteiger charge is 2.20. The Morgan fingerprint density at radius 1 is 1.25 bits per heavy atom. The first-order chi connectivity index (χ1) is 11.1. The van der Waals surface area contributed by atoms with Crippen LogP contribution < -0.4 is 10.6 Å². The Hall–Kier alpha value is -1.10. The van der Waals surface area contributed by atoms with Crippen LogP contribution in [0, 0.1) is 5.92 Å². The third kappa shape index (κ3) is 6.42. The number of carbonyl (C=O) groups is 1. The van der Waals surface area contributed by atoms with Crippen LogP contribution in [0.3, 0.4) is 0 Å². The van der Waals surface area contributed by atoms with Crippen molar-refractivity contribution in [1.82, 2.24) is 10.2 Å². The molecule has 0 spiro atoms. The lowest BCUT2D eigenvalue weighted by molar-refractivity contribution is -0.117. The summed E-state index contributed by atoms with van der Waals surface area (Å²) in [6.07, 6.45) is 3.66. The van der Waals surface area contributed by atoms with Gasteiger partial charge in [-0.25, -0.2) is 0 Å². The number of carbonyl (C=O) groups excluding carboxylic acids is 1. The average Bonchev–Trinajstić information content (AvgIpc) is 2.54. The highest BCUT2D eigenvalue weighted by Crippen LogP contribution is 2.24. The first-order valence-corrected chi connectivity index (χ1v) is 8.86. The summed E-state index contributed by atoms with van der Waals surface area (Å²) in [6, 6.07) is 8.10. The first-order valence-electron chi connectivity index (χ1n) is 8.86. The van der Waals surface area contributed by atoms with E-state index >= 15 is 0 Å². The van der Waals surface area contributed by atoms with Gasteiger partial charge in [-0.2, -0.15) is 0 Å². The molecule has 0 aromatic heterocycles. The summed E-state index contributed by atoms with van der Waals surface area (Å²) >= 11 is 0. The molecule has 1 aromatic rings. The molecule has 0 aliphatic carbocycles. The van der Waals surface area contributed by atoms with Gasteiger partial charge >= 0.3 is 0 Å². The van der Waals surface area contributed by atoms with Gasteiger partial charge in [-0.15, -0.1) is 12.4 Å². The third-order valence-corrected chi connectivity index (χ3v) is 4.73. The van der Waals surface area contributed by atoms with Crippen LogP contribution in [0.25, 0.3) is 0 Å². The van der Waals surface area contributed by atoms with Crippen molar-refractivity contribution in [3.05, 3.63) is 29.8 Å². The summed E-state index contributed by atoms with van der Waals surface area (Å²) in [6.45, 7) is 7.98. The quantitative estimate of drug-likeness (QED) is 0.788. The fourth-order valence-corrected chi connectivity index (χ4v) is 3.29. The molecule has 0 unspecified atom stereocenters. The van der Waals surface area contributed by atoms with Crippen LogP contribution in [0.5, 0.6) is 0 Å². The van der Waals surface area contributed by atoms with E-state index in [9.17, 15) is 4.79 Å². The molecule has 0 saturated carbocycles. The van der Waals surface area contributed by atoms with Crippen molar-refractivity contribution in [2.45, 2.75) is 39.0 Å². The zero-order valence-corrected chi connectivity index (χ0v) is 16.0. The van der Waals surface area contributed by atoms with Gasteiger partial charge in [-0.1, -0.05) is 32.0 Å². The van der Waals surface area contributed by atoms with Gasteiger partial charge in [0.25, 0.3) is 0 Å². The number of nitrogens with zero attached hydrogens (tertiary/aromatic N) is 1. The summed E-state index contributed by atoms with van der Waals surface area (Å²) in [5.74, 6) is 1.32. The number of hydrogen-bond donors (Lipinski definition) is 2. The van der Waals surface area contributed by atoms with Gasteiger partial charge in [0.1, 0.15) is 0 Å². The number of likely N-dealkylation sites (tertiary alicyclic amines) is 1. The molecule has 2 rings (SSSR count). The standard InChI is InChI=1S/C19H31N3O.ClH/c1-15(2)17-6-4-5-7-18(17)21-19(23)14-22-12-9-16(10-13-22)8-11-20-3;/h4-7,15-16,20H,8-14H2,1-3H3,(H,21,23);1H. The van der Waals surface area contributed by atoms with E-state index in [4.69, 9.17) is 0 Å². The van der Waals surface area contributed by atoms with Crippen LogP contribution in [0.2, 0.25) is 0 Å². The molecule has 2 N–H and O–H groups in total. The normalized spacial score (nSPS) is 16.0. The number of para-hydroxylation sites is 1. The molecule has 1 amide bonds. The number of nitrogens with one attached hydrogen (secondary N) is 2. The molecule has 5 heteroatoms. The average molecular weight is 354 g/mol. The number of amides is 1. The van der Waals surface area contributed by atoms with Crippen LogP contribution in [0.15, 0.2) is 24.3 Å². The summed E-state index contributed by atoms with van der Waals surface area (Å²) in [7, 11) is 2.01. The SMILES string of the molecule is CNCCC1CCN(CC(=O)Nc2ccccc2C(C)C)CC1.Cl.